The molecule has 11 heavy (non-hydrogen) atoms. The van der Waals surface area contributed by atoms with Crippen LogP contribution in [0.25, 0.3) is 0 Å². The molecule has 0 heterocycles. The molecular weight excluding hydrogens is 259 g/mol. The summed E-state index contributed by atoms with van der Waals surface area (Å²) < 4.78 is 0.506. The molecule has 5 heteroatoms. The molecule has 0 rings (SSSR count). The van der Waals surface area contributed by atoms with Crippen LogP contribution >= 0.6 is 0 Å². The zero-order valence-corrected chi connectivity index (χ0v) is 9.42. The first-order chi connectivity index (χ1) is 4.39. The van der Waals surface area contributed by atoms with Gasteiger partial charge in [-0.15, -0.1) is 0 Å². The minimum Gasteiger partial charge on any atom is -1.00 e. The monoisotopic (exact) mass is 274 g/mol. The summed E-state index contributed by atoms with van der Waals surface area (Å²) >= 11 is 0. The molecule has 68 valence electrons. The number of amides is 1. The summed E-state index contributed by atoms with van der Waals surface area (Å²) in [7, 11) is 5.67. The number of quaternary nitrogens is 1. The zero-order chi connectivity index (χ0) is 8.36. The van der Waals surface area contributed by atoms with E-state index in [1.807, 2.05) is 21.1 Å². The summed E-state index contributed by atoms with van der Waals surface area (Å²) in [6.45, 7) is 1.76. The Morgan fingerprint density at radius 2 is 1.82 bits per heavy atom. The first-order valence-corrected chi connectivity index (χ1v) is 3.14. The molecular formula is C6H15IN2O2. The molecule has 0 aromatic heterocycles. The van der Waals surface area contributed by atoms with Crippen molar-refractivity contribution in [3.05, 3.63) is 0 Å². The van der Waals surface area contributed by atoms with Gasteiger partial charge in [-0.1, -0.05) is 0 Å². The number of halogens is 1. The van der Waals surface area contributed by atoms with Crippen LogP contribution in [0.5, 0.6) is 0 Å². The van der Waals surface area contributed by atoms with Crippen molar-refractivity contribution in [2.24, 2.45) is 0 Å². The number of likely N-dealkylation sites (N-methyl/N-ethyl adjacent to an activating group) is 1. The fourth-order valence-corrected chi connectivity index (χ4v) is 0.445. The number of nitrogens with one attached hydrogen (secondary N) is 1. The van der Waals surface area contributed by atoms with Gasteiger partial charge >= 0.3 is 5.91 Å². The largest absolute Gasteiger partial charge is 1.00 e. The molecule has 4 nitrogen and oxygen atoms in total. The number of nitrogens with zero attached hydrogens (tertiary/aromatic N) is 1. The Kier molecular flexibility index (Phi) is 6.09. The van der Waals surface area contributed by atoms with Gasteiger partial charge in [-0.3, -0.25) is 10.0 Å². The topological polar surface area (TPSA) is 49.3 Å². The first kappa shape index (κ1) is 13.7. The van der Waals surface area contributed by atoms with Crippen molar-refractivity contribution in [3.63, 3.8) is 0 Å². The fourth-order valence-electron chi connectivity index (χ4n) is 0.445. The van der Waals surface area contributed by atoms with Crippen LogP contribution in [0.2, 0.25) is 0 Å². The van der Waals surface area contributed by atoms with Crippen LogP contribution in [-0.4, -0.2) is 42.8 Å². The van der Waals surface area contributed by atoms with Gasteiger partial charge in [0.25, 0.3) is 0 Å². The second-order valence-corrected chi connectivity index (χ2v) is 3.27. The van der Waals surface area contributed by atoms with Crippen molar-refractivity contribution in [2.45, 2.75) is 13.0 Å². The molecule has 0 bridgehead atoms. The third kappa shape index (κ3) is 4.54. The summed E-state index contributed by atoms with van der Waals surface area (Å²) in [4.78, 5) is 10.8. The molecule has 0 saturated carbocycles. The van der Waals surface area contributed by atoms with Gasteiger partial charge < -0.3 is 28.5 Å². The predicted molar refractivity (Wildman–Crippen MR) is 37.4 cm³/mol. The molecule has 0 aliphatic carbocycles. The van der Waals surface area contributed by atoms with Crippen LogP contribution in [0.1, 0.15) is 6.92 Å². The average Bonchev–Trinajstić information content (AvgIpc) is 1.83. The molecule has 0 fully saturated rings. The van der Waals surface area contributed by atoms with Gasteiger partial charge in [0.05, 0.1) is 21.1 Å². The summed E-state index contributed by atoms with van der Waals surface area (Å²) in [6.07, 6.45) is 0. The molecule has 1 atom stereocenters. The van der Waals surface area contributed by atoms with Crippen molar-refractivity contribution in [2.75, 3.05) is 21.1 Å². The van der Waals surface area contributed by atoms with Crippen molar-refractivity contribution in [1.82, 2.24) is 5.48 Å². The number of rotatable bonds is 2. The highest BCUT2D eigenvalue weighted by atomic mass is 127. The Hall–Kier alpha value is 0.120. The van der Waals surface area contributed by atoms with Crippen molar-refractivity contribution < 1.29 is 38.5 Å². The first-order valence-electron chi connectivity index (χ1n) is 3.14. The lowest BCUT2D eigenvalue weighted by molar-refractivity contribution is -0.884. The fraction of sp³-hybridized carbons (Fsp3) is 0.833. The van der Waals surface area contributed by atoms with Gasteiger partial charge in [0.1, 0.15) is 0 Å². The van der Waals surface area contributed by atoms with E-state index in [2.05, 4.69) is 0 Å². The van der Waals surface area contributed by atoms with Crippen LogP contribution in [0, 0.1) is 0 Å². The van der Waals surface area contributed by atoms with Gasteiger partial charge in [0.15, 0.2) is 6.04 Å². The van der Waals surface area contributed by atoms with E-state index in [9.17, 15) is 4.79 Å². The van der Waals surface area contributed by atoms with Crippen LogP contribution < -0.4 is 29.5 Å². The average molecular weight is 274 g/mol. The standard InChI is InChI=1S/C6H14N2O2.HI/c1-5(6(9)7-10)8(2,3)4;/h5H,1-4H3,(H-,7,9,10);1H. The van der Waals surface area contributed by atoms with Crippen LogP contribution in [0.4, 0.5) is 0 Å². The Bertz CT molecular complexity index is 133. The van der Waals surface area contributed by atoms with Crippen LogP contribution in [0.15, 0.2) is 0 Å². The molecule has 1 unspecified atom stereocenters. The number of carbonyl (C=O) groups excluding carboxylic acids is 1. The third-order valence-corrected chi connectivity index (χ3v) is 1.65. The van der Waals surface area contributed by atoms with Crippen molar-refractivity contribution in [3.8, 4) is 0 Å². The molecule has 0 aromatic carbocycles. The molecule has 0 aliphatic heterocycles. The normalized spacial score (nSPS) is 13.2. The second-order valence-electron chi connectivity index (χ2n) is 3.27. The Morgan fingerprint density at radius 3 is 1.91 bits per heavy atom. The van der Waals surface area contributed by atoms with E-state index in [0.717, 1.165) is 0 Å². The second kappa shape index (κ2) is 4.89. The molecule has 0 saturated heterocycles. The number of hydroxylamine groups is 1. The maximum Gasteiger partial charge on any atom is 0.301 e. The van der Waals surface area contributed by atoms with Gasteiger partial charge in [0, 0.05) is 0 Å². The van der Waals surface area contributed by atoms with Crippen molar-refractivity contribution in [1.29, 1.82) is 0 Å². The van der Waals surface area contributed by atoms with E-state index in [1.165, 1.54) is 0 Å². The molecule has 2 N–H and O–H groups in total. The minimum atomic E-state index is -0.354. The maximum absolute atomic E-state index is 10.8. The van der Waals surface area contributed by atoms with Gasteiger partial charge in [-0.2, -0.15) is 0 Å². The Balaban J connectivity index is 0. The summed E-state index contributed by atoms with van der Waals surface area (Å²) in [5, 5.41) is 8.26. The Morgan fingerprint density at radius 1 is 1.45 bits per heavy atom. The lowest BCUT2D eigenvalue weighted by Crippen LogP contribution is -3.00. The number of carbonyl (C=O) groups is 1. The lowest BCUT2D eigenvalue weighted by atomic mass is 10.2. The highest BCUT2D eigenvalue weighted by Crippen LogP contribution is 2.00. The van der Waals surface area contributed by atoms with E-state index >= 15 is 0 Å². The number of hydrogen-bond acceptors (Lipinski definition) is 2. The lowest BCUT2D eigenvalue weighted by Gasteiger charge is -2.29. The molecule has 0 spiro atoms. The summed E-state index contributed by atoms with van der Waals surface area (Å²) in [5.41, 5.74) is 1.62. The van der Waals surface area contributed by atoms with Crippen molar-refractivity contribution >= 4 is 5.91 Å². The van der Waals surface area contributed by atoms with E-state index < -0.39 is 0 Å². The quantitative estimate of drug-likeness (QED) is 0.239. The predicted octanol–water partition coefficient (Wildman–Crippen LogP) is -3.41. The van der Waals surface area contributed by atoms with E-state index in [1.54, 1.807) is 12.4 Å². The molecule has 0 radical (unpaired) electrons. The molecule has 0 aromatic rings. The highest BCUT2D eigenvalue weighted by molar-refractivity contribution is 5.78. The van der Waals surface area contributed by atoms with Gasteiger partial charge in [-0.25, -0.2) is 5.48 Å². The smallest absolute Gasteiger partial charge is 0.301 e. The van der Waals surface area contributed by atoms with E-state index in [4.69, 9.17) is 5.21 Å². The number of hydrogen-bond donors (Lipinski definition) is 2. The minimum absolute atomic E-state index is 0. The Labute approximate surface area is 84.1 Å². The molecule has 1 amide bonds. The van der Waals surface area contributed by atoms with Crippen LogP contribution in [0.3, 0.4) is 0 Å². The zero-order valence-electron chi connectivity index (χ0n) is 7.26. The van der Waals surface area contributed by atoms with Gasteiger partial charge in [0.2, 0.25) is 0 Å². The maximum atomic E-state index is 10.8. The molecule has 0 aliphatic rings. The van der Waals surface area contributed by atoms with E-state index in [-0.39, 0.29) is 35.9 Å². The summed E-state index contributed by atoms with van der Waals surface area (Å²) in [6, 6.07) is -0.231. The highest BCUT2D eigenvalue weighted by Gasteiger charge is 2.25. The SMILES string of the molecule is CC(C(=O)NO)[N+](C)(C)C.[I-]. The third-order valence-electron chi connectivity index (χ3n) is 1.65. The van der Waals surface area contributed by atoms with Gasteiger partial charge in [-0.05, 0) is 6.92 Å². The van der Waals surface area contributed by atoms with E-state index in [0.29, 0.717) is 4.48 Å². The summed E-state index contributed by atoms with van der Waals surface area (Å²) in [5.74, 6) is -0.354. The van der Waals surface area contributed by atoms with Crippen LogP contribution in [-0.2, 0) is 4.79 Å².